The second kappa shape index (κ2) is 9.90. The molecule has 0 amide bonds. The molecule has 2 saturated carbocycles. The van der Waals surface area contributed by atoms with Crippen molar-refractivity contribution in [3.05, 3.63) is 0 Å². The first-order valence-corrected chi connectivity index (χ1v) is 11.9. The van der Waals surface area contributed by atoms with Gasteiger partial charge in [-0.15, -0.1) is 0 Å². The molecule has 0 aromatic rings. The monoisotopic (exact) mass is 381 g/mol. The summed E-state index contributed by atoms with van der Waals surface area (Å²) in [5.74, 6) is 1.85. The van der Waals surface area contributed by atoms with Gasteiger partial charge in [-0.1, -0.05) is 26.7 Å². The third-order valence-corrected chi connectivity index (χ3v) is 8.93. The summed E-state index contributed by atoms with van der Waals surface area (Å²) in [6.45, 7) is 9.84. The Labute approximate surface area is 164 Å². The van der Waals surface area contributed by atoms with E-state index in [1.54, 1.807) is 0 Å². The van der Waals surface area contributed by atoms with Crippen LogP contribution >= 0.6 is 11.8 Å². The van der Waals surface area contributed by atoms with Gasteiger partial charge in [0.1, 0.15) is 5.78 Å². The van der Waals surface area contributed by atoms with Crippen LogP contribution in [0, 0.1) is 17.8 Å². The van der Waals surface area contributed by atoms with Crippen molar-refractivity contribution in [2.24, 2.45) is 17.8 Å². The average Bonchev–Trinajstić information content (AvgIpc) is 2.67. The highest BCUT2D eigenvalue weighted by molar-refractivity contribution is 8.00. The summed E-state index contributed by atoms with van der Waals surface area (Å²) in [6.07, 6.45) is 7.39. The Morgan fingerprint density at radius 2 is 1.88 bits per heavy atom. The number of fused-ring (bicyclic) bond motifs is 2. The first-order valence-electron chi connectivity index (χ1n) is 11.0. The van der Waals surface area contributed by atoms with Crippen LogP contribution in [-0.4, -0.2) is 67.0 Å². The summed E-state index contributed by atoms with van der Waals surface area (Å²) in [5, 5.41) is 8.33. The van der Waals surface area contributed by atoms with Crippen molar-refractivity contribution in [3.8, 4) is 0 Å². The van der Waals surface area contributed by atoms with Crippen molar-refractivity contribution in [2.45, 2.75) is 68.9 Å². The smallest absolute Gasteiger partial charge is 0.142 e. The van der Waals surface area contributed by atoms with Crippen LogP contribution in [0.15, 0.2) is 0 Å². The SMILES string of the molecule is CCN(CC)CCNC1CCC(CNC)C2SC3CCCCC3C(=O)C12. The second-order valence-corrected chi connectivity index (χ2v) is 9.86. The maximum absolute atomic E-state index is 13.5. The Kier molecular flexibility index (Phi) is 7.86. The van der Waals surface area contributed by atoms with Crippen LogP contribution < -0.4 is 10.6 Å². The van der Waals surface area contributed by atoms with Gasteiger partial charge in [0.25, 0.3) is 0 Å². The minimum absolute atomic E-state index is 0.239. The largest absolute Gasteiger partial charge is 0.319 e. The second-order valence-electron chi connectivity index (χ2n) is 8.44. The quantitative estimate of drug-likeness (QED) is 0.677. The van der Waals surface area contributed by atoms with E-state index in [-0.39, 0.29) is 5.92 Å². The molecule has 3 rings (SSSR count). The Morgan fingerprint density at radius 1 is 1.12 bits per heavy atom. The lowest BCUT2D eigenvalue weighted by molar-refractivity contribution is -0.130. The summed E-state index contributed by atoms with van der Waals surface area (Å²) < 4.78 is 0. The van der Waals surface area contributed by atoms with Gasteiger partial charge in [0.2, 0.25) is 0 Å². The van der Waals surface area contributed by atoms with Crippen molar-refractivity contribution in [3.63, 3.8) is 0 Å². The molecule has 0 spiro atoms. The standard InChI is InChI=1S/C21H39N3OS/c1-4-24(5-2)13-12-23-17-11-10-15(14-22-3)21-19(17)20(25)16-8-6-7-9-18(16)26-21/h15-19,21-23H,4-14H2,1-3H3. The molecule has 1 saturated heterocycles. The Balaban J connectivity index is 1.68. The molecular weight excluding hydrogens is 342 g/mol. The minimum Gasteiger partial charge on any atom is -0.319 e. The van der Waals surface area contributed by atoms with E-state index in [0.29, 0.717) is 34.2 Å². The zero-order valence-corrected chi connectivity index (χ0v) is 17.8. The van der Waals surface area contributed by atoms with Crippen LogP contribution in [0.4, 0.5) is 0 Å². The molecule has 150 valence electrons. The molecule has 26 heavy (non-hydrogen) atoms. The van der Waals surface area contributed by atoms with E-state index < -0.39 is 0 Å². The summed E-state index contributed by atoms with van der Waals surface area (Å²) in [4.78, 5) is 15.9. The Hall–Kier alpha value is -0.100. The Morgan fingerprint density at radius 3 is 2.62 bits per heavy atom. The topological polar surface area (TPSA) is 44.4 Å². The van der Waals surface area contributed by atoms with Crippen molar-refractivity contribution in [1.29, 1.82) is 0 Å². The van der Waals surface area contributed by atoms with E-state index in [2.05, 4.69) is 48.2 Å². The third kappa shape index (κ3) is 4.48. The molecule has 6 atom stereocenters. The summed E-state index contributed by atoms with van der Waals surface area (Å²) in [5.41, 5.74) is 0. The fourth-order valence-corrected chi connectivity index (χ4v) is 7.62. The van der Waals surface area contributed by atoms with Gasteiger partial charge < -0.3 is 15.5 Å². The van der Waals surface area contributed by atoms with Crippen molar-refractivity contribution >= 4 is 17.5 Å². The molecule has 0 aromatic carbocycles. The van der Waals surface area contributed by atoms with Crippen LogP contribution in [0.3, 0.4) is 0 Å². The molecule has 0 aromatic heterocycles. The molecule has 5 heteroatoms. The highest BCUT2D eigenvalue weighted by Gasteiger charge is 2.51. The number of nitrogens with one attached hydrogen (secondary N) is 2. The normalized spacial score (nSPS) is 37.5. The molecule has 3 fully saturated rings. The van der Waals surface area contributed by atoms with Gasteiger partial charge in [0.05, 0.1) is 0 Å². The molecule has 0 radical (unpaired) electrons. The van der Waals surface area contributed by atoms with Crippen LogP contribution in [0.25, 0.3) is 0 Å². The van der Waals surface area contributed by atoms with Crippen LogP contribution in [0.5, 0.6) is 0 Å². The number of thioether (sulfide) groups is 1. The van der Waals surface area contributed by atoms with E-state index in [1.165, 1.54) is 25.7 Å². The first-order chi connectivity index (χ1) is 12.7. The van der Waals surface area contributed by atoms with Gasteiger partial charge in [-0.2, -0.15) is 11.8 Å². The number of carbonyl (C=O) groups excluding carboxylic acids is 1. The maximum Gasteiger partial charge on any atom is 0.142 e. The molecule has 1 aliphatic heterocycles. The van der Waals surface area contributed by atoms with Gasteiger partial charge in [-0.05, 0) is 58.3 Å². The predicted octanol–water partition coefficient (Wildman–Crippen LogP) is 2.78. The number of hydrogen-bond acceptors (Lipinski definition) is 5. The van der Waals surface area contributed by atoms with Crippen LogP contribution in [0.1, 0.15) is 52.4 Å². The number of ketones is 1. The predicted molar refractivity (Wildman–Crippen MR) is 112 cm³/mol. The van der Waals surface area contributed by atoms with Crippen LogP contribution in [0.2, 0.25) is 0 Å². The van der Waals surface area contributed by atoms with E-state index in [9.17, 15) is 4.79 Å². The van der Waals surface area contributed by atoms with E-state index in [0.717, 1.165) is 45.6 Å². The summed E-state index contributed by atoms with van der Waals surface area (Å²) in [7, 11) is 2.06. The summed E-state index contributed by atoms with van der Waals surface area (Å²) in [6, 6.07) is 0.395. The molecular formula is C21H39N3OS. The zero-order chi connectivity index (χ0) is 18.5. The number of hydrogen-bond donors (Lipinski definition) is 2. The van der Waals surface area contributed by atoms with Crippen molar-refractivity contribution in [1.82, 2.24) is 15.5 Å². The van der Waals surface area contributed by atoms with Crippen molar-refractivity contribution < 1.29 is 4.79 Å². The highest BCUT2D eigenvalue weighted by atomic mass is 32.2. The molecule has 6 unspecified atom stereocenters. The molecule has 2 aliphatic carbocycles. The number of likely N-dealkylation sites (N-methyl/N-ethyl adjacent to an activating group) is 1. The molecule has 3 aliphatic rings. The van der Waals surface area contributed by atoms with Gasteiger partial charge >= 0.3 is 0 Å². The van der Waals surface area contributed by atoms with E-state index >= 15 is 0 Å². The number of nitrogens with zero attached hydrogens (tertiary/aromatic N) is 1. The van der Waals surface area contributed by atoms with E-state index in [1.807, 2.05) is 0 Å². The van der Waals surface area contributed by atoms with Gasteiger partial charge in [0, 0.05) is 41.5 Å². The van der Waals surface area contributed by atoms with Crippen LogP contribution in [-0.2, 0) is 4.79 Å². The lowest BCUT2D eigenvalue weighted by atomic mass is 9.70. The number of Topliss-reactive ketones (excluding diaryl/α,β-unsaturated/α-hetero) is 1. The molecule has 1 heterocycles. The lowest BCUT2D eigenvalue weighted by Crippen LogP contribution is -2.58. The third-order valence-electron chi connectivity index (χ3n) is 7.02. The zero-order valence-electron chi connectivity index (χ0n) is 17.0. The molecule has 4 nitrogen and oxygen atoms in total. The van der Waals surface area contributed by atoms with Crippen molar-refractivity contribution in [2.75, 3.05) is 39.8 Å². The maximum atomic E-state index is 13.5. The first kappa shape index (κ1) is 20.6. The highest BCUT2D eigenvalue weighted by Crippen LogP contribution is 2.50. The average molecular weight is 382 g/mol. The number of rotatable bonds is 8. The molecule has 0 bridgehead atoms. The van der Waals surface area contributed by atoms with Gasteiger partial charge in [0.15, 0.2) is 0 Å². The number of carbonyl (C=O) groups is 1. The minimum atomic E-state index is 0.239. The fourth-order valence-electron chi connectivity index (χ4n) is 5.51. The summed E-state index contributed by atoms with van der Waals surface area (Å²) >= 11 is 2.19. The molecule has 2 N–H and O–H groups in total. The van der Waals surface area contributed by atoms with Gasteiger partial charge in [-0.3, -0.25) is 4.79 Å². The Bertz CT molecular complexity index is 457. The fraction of sp³-hybridized carbons (Fsp3) is 0.952. The van der Waals surface area contributed by atoms with E-state index in [4.69, 9.17) is 0 Å². The van der Waals surface area contributed by atoms with Gasteiger partial charge in [-0.25, -0.2) is 0 Å². The lowest BCUT2D eigenvalue weighted by Gasteiger charge is -2.50.